The van der Waals surface area contributed by atoms with E-state index < -0.39 is 0 Å². The minimum Gasteiger partial charge on any atom is -0.494 e. The van der Waals surface area contributed by atoms with Crippen LogP contribution in [0.25, 0.3) is 16.3 Å². The normalized spacial score (nSPS) is 14.4. The van der Waals surface area contributed by atoms with Crippen molar-refractivity contribution in [3.8, 4) is 17.2 Å². The molecule has 0 radical (unpaired) electrons. The molecule has 0 N–H and O–H groups in total. The number of carbonyl (C=O) groups excluding carboxylic acids is 1. The standard InChI is InChI=1S/C26H31N3O5S/c1-18-5-8-21(32-3)24-25(18)35-26(27-24)29(12-11-28-13-15-34-16-14-28)23(30)10-7-19-6-9-20(31-2)22(17-19)33-4/h5-10,17H,11-16H2,1-4H3/b10-7+. The number of rotatable bonds is 9. The van der Waals surface area contributed by atoms with Crippen LogP contribution in [0.2, 0.25) is 0 Å². The van der Waals surface area contributed by atoms with Crippen molar-refractivity contribution in [2.45, 2.75) is 6.92 Å². The summed E-state index contributed by atoms with van der Waals surface area (Å²) in [5, 5.41) is 0.655. The summed E-state index contributed by atoms with van der Waals surface area (Å²) in [6, 6.07) is 9.47. The number of hydrogen-bond acceptors (Lipinski definition) is 8. The number of benzene rings is 2. The van der Waals surface area contributed by atoms with E-state index in [0.717, 1.165) is 41.0 Å². The maximum Gasteiger partial charge on any atom is 0.252 e. The molecule has 0 aliphatic carbocycles. The van der Waals surface area contributed by atoms with Gasteiger partial charge in [0.2, 0.25) is 0 Å². The van der Waals surface area contributed by atoms with Gasteiger partial charge in [0.15, 0.2) is 16.6 Å². The van der Waals surface area contributed by atoms with Crippen LogP contribution in [0, 0.1) is 6.92 Å². The molecule has 2 aromatic carbocycles. The van der Waals surface area contributed by atoms with Gasteiger partial charge in [-0.1, -0.05) is 23.5 Å². The van der Waals surface area contributed by atoms with E-state index >= 15 is 0 Å². The number of aryl methyl sites for hydroxylation is 1. The molecule has 1 aromatic heterocycles. The number of amides is 1. The fourth-order valence-corrected chi connectivity index (χ4v) is 5.04. The number of anilines is 1. The van der Waals surface area contributed by atoms with Crippen molar-refractivity contribution in [1.82, 2.24) is 9.88 Å². The number of morpholine rings is 1. The molecule has 1 saturated heterocycles. The zero-order valence-corrected chi connectivity index (χ0v) is 21.4. The zero-order chi connectivity index (χ0) is 24.8. The first-order chi connectivity index (χ1) is 17.0. The lowest BCUT2D eigenvalue weighted by molar-refractivity contribution is -0.114. The highest BCUT2D eigenvalue weighted by atomic mass is 32.1. The Morgan fingerprint density at radius 2 is 1.80 bits per heavy atom. The van der Waals surface area contributed by atoms with Crippen molar-refractivity contribution in [2.75, 3.05) is 65.6 Å². The van der Waals surface area contributed by atoms with Crippen molar-refractivity contribution in [3.05, 3.63) is 47.5 Å². The number of hydrogen-bond donors (Lipinski definition) is 0. The molecule has 1 aliphatic heterocycles. The van der Waals surface area contributed by atoms with Gasteiger partial charge in [-0.3, -0.25) is 14.6 Å². The molecule has 35 heavy (non-hydrogen) atoms. The summed E-state index contributed by atoms with van der Waals surface area (Å²) in [4.78, 5) is 22.3. The largest absolute Gasteiger partial charge is 0.494 e. The van der Waals surface area contributed by atoms with Crippen LogP contribution in [0.1, 0.15) is 11.1 Å². The molecule has 0 saturated carbocycles. The predicted molar refractivity (Wildman–Crippen MR) is 139 cm³/mol. The van der Waals surface area contributed by atoms with E-state index in [-0.39, 0.29) is 5.91 Å². The Balaban J connectivity index is 1.62. The Kier molecular flexibility index (Phi) is 8.22. The van der Waals surface area contributed by atoms with E-state index in [1.807, 2.05) is 37.3 Å². The van der Waals surface area contributed by atoms with Crippen molar-refractivity contribution in [3.63, 3.8) is 0 Å². The number of thiazole rings is 1. The van der Waals surface area contributed by atoms with Crippen LogP contribution in [-0.2, 0) is 9.53 Å². The Hall–Kier alpha value is -3.14. The van der Waals surface area contributed by atoms with Gasteiger partial charge in [-0.15, -0.1) is 0 Å². The summed E-state index contributed by atoms with van der Waals surface area (Å²) in [6.45, 7) is 6.45. The van der Waals surface area contributed by atoms with Crippen LogP contribution in [0.3, 0.4) is 0 Å². The highest BCUT2D eigenvalue weighted by molar-refractivity contribution is 7.22. The second-order valence-corrected chi connectivity index (χ2v) is 9.13. The van der Waals surface area contributed by atoms with Gasteiger partial charge in [0.25, 0.3) is 5.91 Å². The third-order valence-electron chi connectivity index (χ3n) is 5.98. The van der Waals surface area contributed by atoms with E-state index in [0.29, 0.717) is 42.1 Å². The quantitative estimate of drug-likeness (QED) is 0.414. The van der Waals surface area contributed by atoms with Gasteiger partial charge in [0.1, 0.15) is 11.3 Å². The van der Waals surface area contributed by atoms with Crippen LogP contribution in [0.5, 0.6) is 17.2 Å². The summed E-state index contributed by atoms with van der Waals surface area (Å²) in [5.41, 5.74) is 2.72. The molecule has 1 amide bonds. The first-order valence-corrected chi connectivity index (χ1v) is 12.3. The average molecular weight is 498 g/mol. The molecule has 0 atom stereocenters. The number of methoxy groups -OCH3 is 3. The summed E-state index contributed by atoms with van der Waals surface area (Å²) >= 11 is 1.51. The third kappa shape index (κ3) is 5.75. The number of ether oxygens (including phenoxy) is 4. The first-order valence-electron chi connectivity index (χ1n) is 11.5. The Morgan fingerprint density at radius 3 is 2.51 bits per heavy atom. The molecule has 0 unspecified atom stereocenters. The summed E-state index contributed by atoms with van der Waals surface area (Å²) in [6.07, 6.45) is 3.36. The van der Waals surface area contributed by atoms with Crippen LogP contribution < -0.4 is 19.1 Å². The topological polar surface area (TPSA) is 73.4 Å². The summed E-state index contributed by atoms with van der Waals surface area (Å²) in [7, 11) is 4.82. The van der Waals surface area contributed by atoms with Gasteiger partial charge in [0, 0.05) is 32.3 Å². The fraction of sp³-hybridized carbons (Fsp3) is 0.385. The van der Waals surface area contributed by atoms with E-state index in [9.17, 15) is 4.79 Å². The predicted octanol–water partition coefficient (Wildman–Crippen LogP) is 4.01. The highest BCUT2D eigenvalue weighted by Crippen LogP contribution is 2.36. The lowest BCUT2D eigenvalue weighted by Crippen LogP contribution is -2.42. The molecule has 4 rings (SSSR count). The Bertz CT molecular complexity index is 1200. The second kappa shape index (κ2) is 11.5. The van der Waals surface area contributed by atoms with Gasteiger partial charge in [0.05, 0.1) is 39.2 Å². The number of nitrogens with zero attached hydrogens (tertiary/aromatic N) is 3. The molecule has 9 heteroatoms. The van der Waals surface area contributed by atoms with Gasteiger partial charge >= 0.3 is 0 Å². The molecule has 0 spiro atoms. The molecule has 3 aromatic rings. The van der Waals surface area contributed by atoms with Gasteiger partial charge in [-0.05, 0) is 42.3 Å². The second-order valence-electron chi connectivity index (χ2n) is 8.15. The number of fused-ring (bicyclic) bond motifs is 1. The van der Waals surface area contributed by atoms with Crippen molar-refractivity contribution in [1.29, 1.82) is 0 Å². The molecule has 186 valence electrons. The minimum atomic E-state index is -0.135. The Labute approximate surface area is 209 Å². The SMILES string of the molecule is COc1ccc(/C=C/C(=O)N(CCN2CCOCC2)c2nc3c(OC)ccc(C)c3s2)cc1OC. The first kappa shape index (κ1) is 25.0. The van der Waals surface area contributed by atoms with Gasteiger partial charge in [-0.25, -0.2) is 4.98 Å². The summed E-state index contributed by atoms with van der Waals surface area (Å²) in [5.74, 6) is 1.82. The minimum absolute atomic E-state index is 0.135. The van der Waals surface area contributed by atoms with Crippen molar-refractivity contribution >= 4 is 38.7 Å². The molecule has 8 nitrogen and oxygen atoms in total. The number of carbonyl (C=O) groups is 1. The highest BCUT2D eigenvalue weighted by Gasteiger charge is 2.22. The molecule has 1 aliphatic rings. The average Bonchev–Trinajstić information content (AvgIpc) is 3.34. The van der Waals surface area contributed by atoms with E-state index in [2.05, 4.69) is 4.90 Å². The molecular weight excluding hydrogens is 466 g/mol. The molecule has 0 bridgehead atoms. The zero-order valence-electron chi connectivity index (χ0n) is 20.6. The van der Waals surface area contributed by atoms with Crippen molar-refractivity contribution in [2.24, 2.45) is 0 Å². The maximum absolute atomic E-state index is 13.5. The smallest absolute Gasteiger partial charge is 0.252 e. The van der Waals surface area contributed by atoms with Crippen LogP contribution in [-0.4, -0.2) is 76.5 Å². The van der Waals surface area contributed by atoms with Crippen molar-refractivity contribution < 1.29 is 23.7 Å². The molecule has 2 heterocycles. The van der Waals surface area contributed by atoms with Gasteiger partial charge in [-0.2, -0.15) is 0 Å². The van der Waals surface area contributed by atoms with E-state index in [1.54, 1.807) is 38.4 Å². The van der Waals surface area contributed by atoms with E-state index in [4.69, 9.17) is 23.9 Å². The monoisotopic (exact) mass is 497 g/mol. The van der Waals surface area contributed by atoms with Gasteiger partial charge < -0.3 is 18.9 Å². The van der Waals surface area contributed by atoms with Crippen LogP contribution >= 0.6 is 11.3 Å². The number of aromatic nitrogens is 1. The fourth-order valence-electron chi connectivity index (χ4n) is 3.96. The summed E-state index contributed by atoms with van der Waals surface area (Å²) < 4.78 is 22.7. The molecule has 1 fully saturated rings. The van der Waals surface area contributed by atoms with E-state index in [1.165, 1.54) is 11.3 Å². The van der Waals surface area contributed by atoms with Crippen LogP contribution in [0.4, 0.5) is 5.13 Å². The maximum atomic E-state index is 13.5. The lowest BCUT2D eigenvalue weighted by atomic mass is 10.2. The lowest BCUT2D eigenvalue weighted by Gasteiger charge is -2.28. The van der Waals surface area contributed by atoms with Crippen LogP contribution in [0.15, 0.2) is 36.4 Å². The third-order valence-corrected chi connectivity index (χ3v) is 7.19. The Morgan fingerprint density at radius 1 is 1.09 bits per heavy atom. The molecular formula is C26H31N3O5S.